The van der Waals surface area contributed by atoms with E-state index in [0.29, 0.717) is 6.42 Å². The highest BCUT2D eigenvalue weighted by Gasteiger charge is 2.11. The predicted octanol–water partition coefficient (Wildman–Crippen LogP) is 2.85. The molecule has 6 heteroatoms. The molecule has 0 radical (unpaired) electrons. The predicted molar refractivity (Wildman–Crippen MR) is 83.4 cm³/mol. The molecule has 2 rings (SSSR count). The Hall–Kier alpha value is -1.27. The fourth-order valence-electron chi connectivity index (χ4n) is 1.94. The van der Waals surface area contributed by atoms with Gasteiger partial charge in [-0.1, -0.05) is 0 Å². The number of carbonyl (C=O) groups is 1. The Balaban J connectivity index is 1.77. The van der Waals surface area contributed by atoms with Gasteiger partial charge in [0, 0.05) is 36.2 Å². The zero-order valence-electron chi connectivity index (χ0n) is 12.0. The third-order valence-electron chi connectivity index (χ3n) is 3.36. The van der Waals surface area contributed by atoms with Crippen molar-refractivity contribution in [2.45, 2.75) is 33.1 Å². The lowest BCUT2D eigenvalue weighted by Crippen LogP contribution is -2.29. The molecule has 2 aromatic heterocycles. The molecule has 2 aromatic rings. The van der Waals surface area contributed by atoms with E-state index >= 15 is 0 Å². The molecule has 20 heavy (non-hydrogen) atoms. The molecule has 1 amide bonds. The van der Waals surface area contributed by atoms with Gasteiger partial charge in [0.15, 0.2) is 0 Å². The second kappa shape index (κ2) is 6.95. The number of likely N-dealkylation sites (N-methyl/N-ethyl adjacent to an activating group) is 1. The minimum atomic E-state index is 0.194. The van der Waals surface area contributed by atoms with Crippen LogP contribution >= 0.6 is 22.7 Å². The lowest BCUT2D eigenvalue weighted by molar-refractivity contribution is -0.129. The van der Waals surface area contributed by atoms with Gasteiger partial charge in [0.25, 0.3) is 0 Å². The van der Waals surface area contributed by atoms with Crippen molar-refractivity contribution in [1.82, 2.24) is 14.9 Å². The minimum Gasteiger partial charge on any atom is -0.345 e. The number of thiazole rings is 2. The maximum absolute atomic E-state index is 12.1. The van der Waals surface area contributed by atoms with Crippen molar-refractivity contribution in [3.05, 3.63) is 32.2 Å². The summed E-state index contributed by atoms with van der Waals surface area (Å²) in [5.74, 6) is 0.194. The van der Waals surface area contributed by atoms with Crippen molar-refractivity contribution in [2.75, 3.05) is 13.6 Å². The molecule has 108 valence electrons. The molecule has 0 bridgehead atoms. The molecule has 0 aliphatic heterocycles. The number of aryl methyl sites for hydroxylation is 3. The van der Waals surface area contributed by atoms with E-state index in [-0.39, 0.29) is 5.91 Å². The van der Waals surface area contributed by atoms with E-state index in [9.17, 15) is 4.79 Å². The number of hydrogen-bond acceptors (Lipinski definition) is 5. The van der Waals surface area contributed by atoms with Crippen molar-refractivity contribution in [1.29, 1.82) is 0 Å². The standard InChI is InChI=1S/C14H19N3OS2/c1-10-12(19-8-15-10)4-5-14(18)17(3)7-6-13-11(2)16-9-20-13/h8-9H,4-7H2,1-3H3. The Morgan fingerprint density at radius 2 is 1.65 bits per heavy atom. The van der Waals surface area contributed by atoms with E-state index in [4.69, 9.17) is 0 Å². The smallest absolute Gasteiger partial charge is 0.222 e. The molecule has 0 unspecified atom stereocenters. The van der Waals surface area contributed by atoms with Crippen LogP contribution in [0.3, 0.4) is 0 Å². The number of carbonyl (C=O) groups excluding carboxylic acids is 1. The summed E-state index contributed by atoms with van der Waals surface area (Å²) in [5, 5.41) is 0. The summed E-state index contributed by atoms with van der Waals surface area (Å²) < 4.78 is 0. The van der Waals surface area contributed by atoms with Crippen molar-refractivity contribution >= 4 is 28.6 Å². The maximum atomic E-state index is 12.1. The average molecular weight is 309 g/mol. The van der Waals surface area contributed by atoms with Crippen molar-refractivity contribution < 1.29 is 4.79 Å². The molecule has 4 nitrogen and oxygen atoms in total. The molecule has 0 saturated carbocycles. The van der Waals surface area contributed by atoms with Gasteiger partial charge in [-0.2, -0.15) is 0 Å². The van der Waals surface area contributed by atoms with Crippen LogP contribution in [0.25, 0.3) is 0 Å². The highest BCUT2D eigenvalue weighted by atomic mass is 32.1. The topological polar surface area (TPSA) is 46.1 Å². The van der Waals surface area contributed by atoms with Crippen LogP contribution < -0.4 is 0 Å². The van der Waals surface area contributed by atoms with Crippen LogP contribution in [0.1, 0.15) is 27.6 Å². The molecule has 2 heterocycles. The summed E-state index contributed by atoms with van der Waals surface area (Å²) in [5.41, 5.74) is 5.83. The molecular formula is C14H19N3OS2. The Bertz CT molecular complexity index is 576. The minimum absolute atomic E-state index is 0.194. The van der Waals surface area contributed by atoms with E-state index in [1.807, 2.05) is 36.8 Å². The molecule has 0 N–H and O–H groups in total. The first kappa shape index (κ1) is 15.1. The first-order valence-corrected chi connectivity index (χ1v) is 8.35. The van der Waals surface area contributed by atoms with Crippen LogP contribution in [-0.2, 0) is 17.6 Å². The van der Waals surface area contributed by atoms with Crippen LogP contribution in [0.5, 0.6) is 0 Å². The van der Waals surface area contributed by atoms with Crippen LogP contribution in [0.4, 0.5) is 0 Å². The third-order valence-corrected chi connectivity index (χ3v) is 5.35. The Morgan fingerprint density at radius 3 is 2.15 bits per heavy atom. The highest BCUT2D eigenvalue weighted by molar-refractivity contribution is 7.10. The van der Waals surface area contributed by atoms with Crippen LogP contribution in [0.15, 0.2) is 11.0 Å². The molecule has 0 aromatic carbocycles. The Labute approximate surface area is 127 Å². The fourth-order valence-corrected chi connectivity index (χ4v) is 3.49. The first-order valence-electron chi connectivity index (χ1n) is 6.60. The number of amides is 1. The molecule has 0 saturated heterocycles. The SMILES string of the molecule is Cc1ncsc1CCC(=O)N(C)CCc1scnc1C. The lowest BCUT2D eigenvalue weighted by atomic mass is 10.2. The van der Waals surface area contributed by atoms with Gasteiger partial charge in [-0.15, -0.1) is 22.7 Å². The van der Waals surface area contributed by atoms with Gasteiger partial charge < -0.3 is 4.90 Å². The third kappa shape index (κ3) is 3.86. The fraction of sp³-hybridized carbons (Fsp3) is 0.500. The van der Waals surface area contributed by atoms with Gasteiger partial charge >= 0.3 is 0 Å². The Morgan fingerprint density at radius 1 is 1.10 bits per heavy atom. The zero-order chi connectivity index (χ0) is 14.5. The largest absolute Gasteiger partial charge is 0.345 e. The average Bonchev–Trinajstić information content (AvgIpc) is 3.02. The van der Waals surface area contributed by atoms with Gasteiger partial charge in [0.1, 0.15) is 0 Å². The molecule has 0 spiro atoms. The summed E-state index contributed by atoms with van der Waals surface area (Å²) in [7, 11) is 1.87. The Kier molecular flexibility index (Phi) is 5.25. The van der Waals surface area contributed by atoms with Gasteiger partial charge in [0.2, 0.25) is 5.91 Å². The summed E-state index contributed by atoms with van der Waals surface area (Å²) in [6, 6.07) is 0. The van der Waals surface area contributed by atoms with Gasteiger partial charge in [0.05, 0.1) is 22.4 Å². The van der Waals surface area contributed by atoms with Crippen molar-refractivity contribution in [2.24, 2.45) is 0 Å². The molecule has 0 fully saturated rings. The quantitative estimate of drug-likeness (QED) is 0.824. The molecule has 0 aliphatic carbocycles. The van der Waals surface area contributed by atoms with E-state index in [1.54, 1.807) is 22.7 Å². The van der Waals surface area contributed by atoms with E-state index < -0.39 is 0 Å². The second-order valence-corrected chi connectivity index (χ2v) is 6.67. The number of hydrogen-bond donors (Lipinski definition) is 0. The van der Waals surface area contributed by atoms with Gasteiger partial charge in [-0.3, -0.25) is 4.79 Å². The van der Waals surface area contributed by atoms with E-state index in [2.05, 4.69) is 9.97 Å². The van der Waals surface area contributed by atoms with Gasteiger partial charge in [-0.05, 0) is 20.3 Å². The van der Waals surface area contributed by atoms with Gasteiger partial charge in [-0.25, -0.2) is 9.97 Å². The summed E-state index contributed by atoms with van der Waals surface area (Å²) >= 11 is 3.29. The molecule has 0 atom stereocenters. The van der Waals surface area contributed by atoms with Crippen molar-refractivity contribution in [3.63, 3.8) is 0 Å². The van der Waals surface area contributed by atoms with Crippen LogP contribution in [0, 0.1) is 13.8 Å². The van der Waals surface area contributed by atoms with Crippen LogP contribution in [0.2, 0.25) is 0 Å². The van der Waals surface area contributed by atoms with Crippen molar-refractivity contribution in [3.8, 4) is 0 Å². The number of rotatable bonds is 6. The van der Waals surface area contributed by atoms with E-state index in [1.165, 1.54) is 9.75 Å². The molecular weight excluding hydrogens is 290 g/mol. The lowest BCUT2D eigenvalue weighted by Gasteiger charge is -2.16. The maximum Gasteiger partial charge on any atom is 0.222 e. The van der Waals surface area contributed by atoms with E-state index in [0.717, 1.165) is 30.8 Å². The molecule has 0 aliphatic rings. The monoisotopic (exact) mass is 309 g/mol. The highest BCUT2D eigenvalue weighted by Crippen LogP contribution is 2.16. The normalized spacial score (nSPS) is 10.8. The summed E-state index contributed by atoms with van der Waals surface area (Å²) in [6.45, 7) is 4.76. The van der Waals surface area contributed by atoms with Crippen LogP contribution in [-0.4, -0.2) is 34.4 Å². The summed E-state index contributed by atoms with van der Waals surface area (Å²) in [6.07, 6.45) is 2.23. The first-order chi connectivity index (χ1) is 9.58. The number of nitrogens with zero attached hydrogens (tertiary/aromatic N) is 3. The second-order valence-electron chi connectivity index (χ2n) is 4.79. The zero-order valence-corrected chi connectivity index (χ0v) is 13.7. The number of aromatic nitrogens is 2. The summed E-state index contributed by atoms with van der Waals surface area (Å²) in [4.78, 5) is 24.8.